The Kier molecular flexibility index (Phi) is 7.07. The fourth-order valence-corrected chi connectivity index (χ4v) is 5.66. The van der Waals surface area contributed by atoms with Crippen LogP contribution < -0.4 is 11.1 Å². The lowest BCUT2D eigenvalue weighted by atomic mass is 9.85. The number of aromatic nitrogens is 4. The maximum atomic E-state index is 15.6. The molecule has 13 heteroatoms. The molecule has 4 aromatic rings. The fraction of sp³-hybridized carbons (Fsp3) is 0.367. The molecule has 5 heterocycles. The van der Waals surface area contributed by atoms with E-state index in [0.717, 1.165) is 44.2 Å². The second kappa shape index (κ2) is 10.6. The number of nitrogens with zero attached hydrogens (tertiary/aromatic N) is 5. The number of nitrogens with one attached hydrogen (secondary N) is 1. The number of benzene rings is 1. The Morgan fingerprint density at radius 2 is 1.95 bits per heavy atom. The first-order chi connectivity index (χ1) is 20.4. The highest BCUT2D eigenvalue weighted by Gasteiger charge is 2.45. The summed E-state index contributed by atoms with van der Waals surface area (Å²) < 4.78 is 50.1. The first-order valence-corrected chi connectivity index (χ1v) is 13.9. The largest absolute Gasteiger partial charge is 0.382 e. The van der Waals surface area contributed by atoms with Crippen molar-refractivity contribution in [3.05, 3.63) is 71.7 Å². The number of hydrogen-bond acceptors (Lipinski definition) is 7. The molecular weight excluding hydrogens is 563 g/mol. The van der Waals surface area contributed by atoms with Gasteiger partial charge in [0.1, 0.15) is 34.5 Å². The van der Waals surface area contributed by atoms with Crippen LogP contribution in [0.1, 0.15) is 54.4 Å². The zero-order valence-corrected chi connectivity index (χ0v) is 23.6. The third-order valence-corrected chi connectivity index (χ3v) is 8.04. The fourth-order valence-electron chi connectivity index (χ4n) is 5.66. The third kappa shape index (κ3) is 5.29. The van der Waals surface area contributed by atoms with Gasteiger partial charge < -0.3 is 20.7 Å². The van der Waals surface area contributed by atoms with Gasteiger partial charge in [-0.05, 0) is 50.1 Å². The SMILES string of the molecule is CC1(C(=O)N2CCCC(c3nc(-c4ccc(C(=O)Nc5cc(C(C)(F)F)ccn5)cc4F)c4c(N)nccn34)C2)COC1. The molecule has 224 valence electrons. The maximum Gasteiger partial charge on any atom is 0.270 e. The predicted molar refractivity (Wildman–Crippen MR) is 152 cm³/mol. The Morgan fingerprint density at radius 3 is 2.65 bits per heavy atom. The number of piperidine rings is 1. The average molecular weight is 594 g/mol. The molecular formula is C30H30F3N7O3. The molecule has 2 amide bonds. The van der Waals surface area contributed by atoms with Crippen LogP contribution in [0, 0.1) is 11.2 Å². The number of imidazole rings is 1. The van der Waals surface area contributed by atoms with Crippen LogP contribution in [-0.2, 0) is 15.5 Å². The highest BCUT2D eigenvalue weighted by atomic mass is 19.3. The van der Waals surface area contributed by atoms with Gasteiger partial charge in [0.2, 0.25) is 5.91 Å². The number of nitrogen functional groups attached to an aromatic ring is 1. The van der Waals surface area contributed by atoms with Gasteiger partial charge in [0.05, 0.1) is 18.6 Å². The van der Waals surface area contributed by atoms with Crippen LogP contribution in [0.15, 0.2) is 48.9 Å². The van der Waals surface area contributed by atoms with Crippen molar-refractivity contribution in [2.75, 3.05) is 37.4 Å². The normalized spacial score (nSPS) is 18.3. The summed E-state index contributed by atoms with van der Waals surface area (Å²) in [5.41, 5.74) is 6.16. The number of nitrogens with two attached hydrogens (primary N) is 1. The first-order valence-electron chi connectivity index (χ1n) is 13.9. The van der Waals surface area contributed by atoms with Gasteiger partial charge in [-0.3, -0.25) is 14.0 Å². The highest BCUT2D eigenvalue weighted by Crippen LogP contribution is 2.37. The molecule has 2 aliphatic rings. The zero-order chi connectivity index (χ0) is 30.5. The van der Waals surface area contributed by atoms with Crippen LogP contribution in [-0.4, -0.2) is 62.4 Å². The Morgan fingerprint density at radius 1 is 1.16 bits per heavy atom. The number of alkyl halides is 2. The summed E-state index contributed by atoms with van der Waals surface area (Å²) in [4.78, 5) is 40.8. The Labute approximate surface area is 245 Å². The van der Waals surface area contributed by atoms with E-state index in [2.05, 4.69) is 15.3 Å². The van der Waals surface area contributed by atoms with Crippen LogP contribution in [0.4, 0.5) is 24.8 Å². The first kappa shape index (κ1) is 28.6. The van der Waals surface area contributed by atoms with Gasteiger partial charge in [0.15, 0.2) is 0 Å². The molecule has 1 unspecified atom stereocenters. The van der Waals surface area contributed by atoms with Gasteiger partial charge in [0.25, 0.3) is 11.8 Å². The van der Waals surface area contributed by atoms with Crippen molar-refractivity contribution in [2.45, 2.75) is 38.5 Å². The van der Waals surface area contributed by atoms with Crippen molar-refractivity contribution >= 4 is 29.0 Å². The molecule has 0 saturated carbocycles. The summed E-state index contributed by atoms with van der Waals surface area (Å²) in [5, 5.41) is 2.44. The van der Waals surface area contributed by atoms with Crippen molar-refractivity contribution < 1.29 is 27.5 Å². The van der Waals surface area contributed by atoms with E-state index >= 15 is 4.39 Å². The maximum absolute atomic E-state index is 15.6. The van der Waals surface area contributed by atoms with Crippen LogP contribution in [0.5, 0.6) is 0 Å². The van der Waals surface area contributed by atoms with E-state index in [1.807, 2.05) is 11.8 Å². The molecule has 0 aliphatic carbocycles. The quantitative estimate of drug-likeness (QED) is 0.334. The Bertz CT molecular complexity index is 1730. The number of carbonyl (C=O) groups excluding carboxylic acids is 2. The van der Waals surface area contributed by atoms with Crippen molar-refractivity contribution in [3.63, 3.8) is 0 Å². The van der Waals surface area contributed by atoms with Crippen molar-refractivity contribution in [1.29, 1.82) is 0 Å². The molecule has 2 saturated heterocycles. The van der Waals surface area contributed by atoms with Crippen LogP contribution in [0.3, 0.4) is 0 Å². The summed E-state index contributed by atoms with van der Waals surface area (Å²) in [7, 11) is 0. The highest BCUT2D eigenvalue weighted by molar-refractivity contribution is 6.04. The van der Waals surface area contributed by atoms with E-state index in [4.69, 9.17) is 15.5 Å². The third-order valence-electron chi connectivity index (χ3n) is 8.04. The standard InChI is InChI=1S/C30H30F3N7O3/c1-29(15-43-16-29)28(42)39-10-3-4-18(14-39)26-38-23(24-25(34)36-9-11-40(24)26)20-6-5-17(12-21(20)31)27(41)37-22-13-19(7-8-35-22)30(2,32)33/h5-9,11-13,18H,3-4,10,14-16H2,1-2H3,(H2,34,36)(H,35,37,41). The molecule has 0 radical (unpaired) electrons. The number of amides is 2. The molecule has 10 nitrogen and oxygen atoms in total. The zero-order valence-electron chi connectivity index (χ0n) is 23.6. The number of likely N-dealkylation sites (tertiary alicyclic amines) is 1. The van der Waals surface area contributed by atoms with E-state index in [0.29, 0.717) is 37.6 Å². The van der Waals surface area contributed by atoms with Gasteiger partial charge in [-0.15, -0.1) is 0 Å². The molecule has 6 rings (SSSR count). The van der Waals surface area contributed by atoms with E-state index < -0.39 is 23.1 Å². The number of anilines is 2. The smallest absolute Gasteiger partial charge is 0.270 e. The van der Waals surface area contributed by atoms with Gasteiger partial charge in [-0.1, -0.05) is 0 Å². The molecule has 2 fully saturated rings. The van der Waals surface area contributed by atoms with E-state index in [1.54, 1.807) is 10.6 Å². The van der Waals surface area contributed by atoms with Crippen molar-refractivity contribution in [3.8, 4) is 11.3 Å². The summed E-state index contributed by atoms with van der Waals surface area (Å²) in [6, 6.07) is 6.09. The predicted octanol–water partition coefficient (Wildman–Crippen LogP) is 4.62. The number of carbonyl (C=O) groups is 2. The molecule has 3 aromatic heterocycles. The number of pyridine rings is 1. The van der Waals surface area contributed by atoms with Crippen molar-refractivity contribution in [1.82, 2.24) is 24.3 Å². The van der Waals surface area contributed by atoms with E-state index in [-0.39, 0.29) is 45.8 Å². The monoisotopic (exact) mass is 593 g/mol. The summed E-state index contributed by atoms with van der Waals surface area (Å²) in [6.07, 6.45) is 5.97. The summed E-state index contributed by atoms with van der Waals surface area (Å²) >= 11 is 0. The Balaban J connectivity index is 1.29. The van der Waals surface area contributed by atoms with Crippen molar-refractivity contribution in [2.24, 2.45) is 5.41 Å². The number of ether oxygens (including phenoxy) is 1. The van der Waals surface area contributed by atoms with Gasteiger partial charge in [-0.25, -0.2) is 28.1 Å². The lowest BCUT2D eigenvalue weighted by molar-refractivity contribution is -0.169. The van der Waals surface area contributed by atoms with E-state index in [9.17, 15) is 18.4 Å². The molecule has 1 atom stereocenters. The average Bonchev–Trinajstić information content (AvgIpc) is 3.36. The van der Waals surface area contributed by atoms with Crippen LogP contribution >= 0.6 is 0 Å². The van der Waals surface area contributed by atoms with Crippen LogP contribution in [0.2, 0.25) is 0 Å². The second-order valence-corrected chi connectivity index (χ2v) is 11.5. The van der Waals surface area contributed by atoms with Crippen LogP contribution in [0.25, 0.3) is 16.8 Å². The minimum atomic E-state index is -3.12. The summed E-state index contributed by atoms with van der Waals surface area (Å²) in [5.74, 6) is -3.95. The minimum Gasteiger partial charge on any atom is -0.382 e. The van der Waals surface area contributed by atoms with Gasteiger partial charge in [-0.2, -0.15) is 0 Å². The second-order valence-electron chi connectivity index (χ2n) is 11.5. The molecule has 0 bridgehead atoms. The number of fused-ring (bicyclic) bond motifs is 1. The number of halogens is 3. The molecule has 3 N–H and O–H groups in total. The molecule has 1 aromatic carbocycles. The minimum absolute atomic E-state index is 0.0403. The number of hydrogen-bond donors (Lipinski definition) is 2. The number of rotatable bonds is 6. The lowest BCUT2D eigenvalue weighted by Crippen LogP contribution is -2.55. The topological polar surface area (TPSA) is 128 Å². The van der Waals surface area contributed by atoms with Gasteiger partial charge in [0, 0.05) is 61.2 Å². The molecule has 43 heavy (non-hydrogen) atoms. The van der Waals surface area contributed by atoms with E-state index in [1.165, 1.54) is 18.3 Å². The lowest BCUT2D eigenvalue weighted by Gasteiger charge is -2.42. The molecule has 2 aliphatic heterocycles. The molecule has 0 spiro atoms. The van der Waals surface area contributed by atoms with Gasteiger partial charge >= 0.3 is 0 Å². The summed E-state index contributed by atoms with van der Waals surface area (Å²) in [6.45, 7) is 4.54. The Hall–Kier alpha value is -4.52.